The van der Waals surface area contributed by atoms with Gasteiger partial charge in [-0.3, -0.25) is 10.2 Å². The van der Waals surface area contributed by atoms with E-state index in [0.29, 0.717) is 30.4 Å². The molecule has 6 atom stereocenters. The van der Waals surface area contributed by atoms with Gasteiger partial charge in [-0.25, -0.2) is 0 Å². The highest BCUT2D eigenvalue weighted by molar-refractivity contribution is 5.95. The molecule has 0 bridgehead atoms. The summed E-state index contributed by atoms with van der Waals surface area (Å²) in [4.78, 5) is 14.6. The van der Waals surface area contributed by atoms with E-state index >= 15 is 0 Å². The van der Waals surface area contributed by atoms with E-state index in [1.165, 1.54) is 0 Å². The Bertz CT molecular complexity index is 1190. The number of hydrogen-bond acceptors (Lipinski definition) is 6. The number of carbonyl (C=O) groups excluding carboxylic acids is 1. The fourth-order valence-electron chi connectivity index (χ4n) is 7.76. The van der Waals surface area contributed by atoms with Crippen molar-refractivity contribution in [2.75, 3.05) is 27.2 Å². The third-order valence-corrected chi connectivity index (χ3v) is 9.86. The van der Waals surface area contributed by atoms with Crippen molar-refractivity contribution in [3.63, 3.8) is 0 Å². The molecule has 40 heavy (non-hydrogen) atoms. The number of nitrogens with one attached hydrogen (secondary N) is 4. The molecule has 0 aromatic heterocycles. The molecule has 2 fully saturated rings. The molecule has 1 aromatic carbocycles. The lowest BCUT2D eigenvalue weighted by Gasteiger charge is -2.48. The molecule has 6 N–H and O–H groups in total. The minimum atomic E-state index is -0.639. The van der Waals surface area contributed by atoms with Crippen molar-refractivity contribution >= 4 is 11.7 Å². The third kappa shape index (κ3) is 5.62. The Balaban J connectivity index is 1.66. The second kappa shape index (κ2) is 12.5. The number of carbonyl (C=O) groups is 1. The van der Waals surface area contributed by atoms with Crippen LogP contribution < -0.4 is 21.7 Å². The molecule has 1 aromatic rings. The molecule has 4 rings (SSSR count). The standard InChI is InChI=1S/C32H47N7O/c1-20(38-19-21(2)39-14-6-7-27(39)18-33)17-32(31(34)35)28-12-10-23(22(3)36-4)15-24(28)8-9-25-16-26(30(40)37-5)11-13-29(25)32/h11,13,16,20,23-24,27-28,36,38H,2-3,6-10,12,14-15,17,19H2,1,4-5H3,(H3,34,35)(H,37,40)/t20-,23?,24?,27?,28?,32?/m1/s1. The fourth-order valence-corrected chi connectivity index (χ4v) is 7.76. The minimum absolute atomic E-state index is 0.0546. The van der Waals surface area contributed by atoms with Gasteiger partial charge in [0.15, 0.2) is 0 Å². The Kier molecular flexibility index (Phi) is 9.25. The molecular weight excluding hydrogens is 498 g/mol. The summed E-state index contributed by atoms with van der Waals surface area (Å²) in [6.45, 7) is 12.2. The Morgan fingerprint density at radius 1 is 1.25 bits per heavy atom. The van der Waals surface area contributed by atoms with Crippen LogP contribution in [-0.4, -0.2) is 55.9 Å². The number of allylic oxidation sites excluding steroid dienone is 1. The summed E-state index contributed by atoms with van der Waals surface area (Å²) < 4.78 is 0. The van der Waals surface area contributed by atoms with Crippen molar-refractivity contribution in [3.05, 3.63) is 59.4 Å². The highest BCUT2D eigenvalue weighted by Crippen LogP contribution is 2.53. The number of amides is 1. The molecule has 3 aliphatic rings. The van der Waals surface area contributed by atoms with Gasteiger partial charge in [0.05, 0.1) is 11.5 Å². The number of hydrogen-bond donors (Lipinski definition) is 5. The first kappa shape index (κ1) is 29.7. The molecule has 1 aliphatic heterocycles. The second-order valence-corrected chi connectivity index (χ2v) is 12.1. The molecule has 0 radical (unpaired) electrons. The maximum Gasteiger partial charge on any atom is 0.251 e. The van der Waals surface area contributed by atoms with Crippen LogP contribution in [0.15, 0.2) is 42.8 Å². The topological polar surface area (TPSA) is 130 Å². The van der Waals surface area contributed by atoms with Crippen LogP contribution in [0.1, 0.15) is 73.4 Å². The Hall–Kier alpha value is -3.31. The summed E-state index contributed by atoms with van der Waals surface area (Å²) in [5, 5.41) is 28.3. The van der Waals surface area contributed by atoms with Gasteiger partial charge in [-0.05, 0) is 99.3 Å². The molecule has 1 heterocycles. The van der Waals surface area contributed by atoms with E-state index in [9.17, 15) is 10.1 Å². The number of nitrogens with zero attached hydrogens (tertiary/aromatic N) is 2. The highest BCUT2D eigenvalue weighted by atomic mass is 16.1. The third-order valence-electron chi connectivity index (χ3n) is 9.86. The van der Waals surface area contributed by atoms with Gasteiger partial charge in [0.2, 0.25) is 0 Å². The number of likely N-dealkylation sites (tertiary alicyclic amines) is 1. The fraction of sp³-hybridized carbons (Fsp3) is 0.594. The largest absolute Gasteiger partial charge is 0.392 e. The number of benzene rings is 1. The summed E-state index contributed by atoms with van der Waals surface area (Å²) >= 11 is 0. The predicted octanol–water partition coefficient (Wildman–Crippen LogP) is 3.80. The van der Waals surface area contributed by atoms with Crippen LogP contribution in [0.25, 0.3) is 0 Å². The first-order valence-corrected chi connectivity index (χ1v) is 14.8. The van der Waals surface area contributed by atoms with E-state index < -0.39 is 5.41 Å². The predicted molar refractivity (Wildman–Crippen MR) is 161 cm³/mol. The summed E-state index contributed by atoms with van der Waals surface area (Å²) in [6, 6.07) is 8.33. The van der Waals surface area contributed by atoms with Crippen molar-refractivity contribution in [1.82, 2.24) is 20.9 Å². The first-order chi connectivity index (χ1) is 19.2. The van der Waals surface area contributed by atoms with Crippen molar-refractivity contribution in [2.45, 2.75) is 75.8 Å². The lowest BCUT2D eigenvalue weighted by molar-refractivity contribution is 0.0963. The van der Waals surface area contributed by atoms with E-state index in [4.69, 9.17) is 11.1 Å². The summed E-state index contributed by atoms with van der Waals surface area (Å²) in [7, 11) is 3.60. The zero-order valence-corrected chi connectivity index (χ0v) is 24.5. The number of nitriles is 1. The number of fused-ring (bicyclic) bond motifs is 2. The molecule has 8 nitrogen and oxygen atoms in total. The van der Waals surface area contributed by atoms with Gasteiger partial charge in [-0.1, -0.05) is 19.2 Å². The van der Waals surface area contributed by atoms with E-state index in [1.54, 1.807) is 7.05 Å². The van der Waals surface area contributed by atoms with Gasteiger partial charge >= 0.3 is 0 Å². The Labute approximate surface area is 240 Å². The lowest BCUT2D eigenvalue weighted by atomic mass is 9.57. The van der Waals surface area contributed by atoms with E-state index in [0.717, 1.165) is 74.0 Å². The maximum atomic E-state index is 12.5. The average molecular weight is 546 g/mol. The van der Waals surface area contributed by atoms with Gasteiger partial charge in [-0.2, -0.15) is 5.26 Å². The Morgan fingerprint density at radius 2 is 2.02 bits per heavy atom. The molecule has 2 aliphatic carbocycles. The van der Waals surface area contributed by atoms with E-state index in [-0.39, 0.29) is 29.7 Å². The second-order valence-electron chi connectivity index (χ2n) is 12.1. The maximum absolute atomic E-state index is 12.5. The van der Waals surface area contributed by atoms with Crippen molar-refractivity contribution in [2.24, 2.45) is 23.5 Å². The highest BCUT2D eigenvalue weighted by Gasteiger charge is 2.51. The van der Waals surface area contributed by atoms with Gasteiger partial charge in [0.1, 0.15) is 11.9 Å². The molecule has 8 heteroatoms. The van der Waals surface area contributed by atoms with Gasteiger partial charge in [0, 0.05) is 50.2 Å². The average Bonchev–Trinajstić information content (AvgIpc) is 3.40. The molecule has 1 amide bonds. The van der Waals surface area contributed by atoms with Crippen molar-refractivity contribution in [3.8, 4) is 6.07 Å². The number of amidine groups is 1. The molecule has 5 unspecified atom stereocenters. The Morgan fingerprint density at radius 3 is 2.70 bits per heavy atom. The zero-order valence-electron chi connectivity index (χ0n) is 24.5. The summed E-state index contributed by atoms with van der Waals surface area (Å²) in [5.74, 6) is 1.14. The number of nitrogens with two attached hydrogens (primary N) is 1. The van der Waals surface area contributed by atoms with Gasteiger partial charge in [-0.15, -0.1) is 0 Å². The van der Waals surface area contributed by atoms with Crippen LogP contribution in [0.2, 0.25) is 0 Å². The number of rotatable bonds is 10. The molecule has 1 saturated heterocycles. The smallest absolute Gasteiger partial charge is 0.251 e. The van der Waals surface area contributed by atoms with Crippen LogP contribution in [0.3, 0.4) is 0 Å². The van der Waals surface area contributed by atoms with Crippen LogP contribution in [-0.2, 0) is 11.8 Å². The minimum Gasteiger partial charge on any atom is -0.392 e. The summed E-state index contributed by atoms with van der Waals surface area (Å²) in [5.41, 5.74) is 10.9. The van der Waals surface area contributed by atoms with Crippen LogP contribution >= 0.6 is 0 Å². The van der Waals surface area contributed by atoms with E-state index in [1.807, 2.05) is 19.2 Å². The SMILES string of the molecule is C=C(NC)C1CCC2C(CCc3cc(C(=O)NC)ccc3C2(C[C@@H](C)NCC(=C)N2CCCC2C#N)C(=N)N)C1. The van der Waals surface area contributed by atoms with Crippen molar-refractivity contribution < 1.29 is 4.79 Å². The number of aryl methyl sites for hydroxylation is 1. The molecular formula is C32H47N7O. The van der Waals surface area contributed by atoms with Crippen molar-refractivity contribution in [1.29, 1.82) is 10.7 Å². The van der Waals surface area contributed by atoms with Crippen LogP contribution in [0.4, 0.5) is 0 Å². The quantitative estimate of drug-likeness (QED) is 0.225. The first-order valence-electron chi connectivity index (χ1n) is 14.8. The monoisotopic (exact) mass is 545 g/mol. The lowest BCUT2D eigenvalue weighted by Crippen LogP contribution is -2.54. The normalized spacial score (nSPS) is 28.3. The van der Waals surface area contributed by atoms with Gasteiger partial charge < -0.3 is 26.6 Å². The molecule has 1 saturated carbocycles. The molecule has 216 valence electrons. The summed E-state index contributed by atoms with van der Waals surface area (Å²) in [6.07, 6.45) is 7.46. The van der Waals surface area contributed by atoms with E-state index in [2.05, 4.69) is 53.1 Å². The van der Waals surface area contributed by atoms with Crippen LogP contribution in [0, 0.1) is 34.5 Å². The zero-order chi connectivity index (χ0) is 29.0. The molecule has 0 spiro atoms. The van der Waals surface area contributed by atoms with Gasteiger partial charge in [0.25, 0.3) is 5.91 Å². The van der Waals surface area contributed by atoms with Crippen LogP contribution in [0.5, 0.6) is 0 Å².